The highest BCUT2D eigenvalue weighted by atomic mass is 16.5. The third-order valence-corrected chi connectivity index (χ3v) is 2.38. The number of nitrogen functional groups attached to an aromatic ring is 1. The molecule has 3 N–H and O–H groups in total. The number of esters is 1. The van der Waals surface area contributed by atoms with Gasteiger partial charge in [-0.2, -0.15) is 0 Å². The zero-order valence-corrected chi connectivity index (χ0v) is 11.0. The quantitative estimate of drug-likeness (QED) is 0.597. The molecule has 5 nitrogen and oxygen atoms in total. The second-order valence-corrected chi connectivity index (χ2v) is 4.02. The van der Waals surface area contributed by atoms with Crippen LogP contribution in [0.4, 0.5) is 11.4 Å². The number of carbonyl (C=O) groups excluding carboxylic acids is 1. The predicted molar refractivity (Wildman–Crippen MR) is 71.8 cm³/mol. The molecule has 0 radical (unpaired) electrons. The van der Waals surface area contributed by atoms with Gasteiger partial charge in [0.15, 0.2) is 0 Å². The maximum atomic E-state index is 11.5. The van der Waals surface area contributed by atoms with Crippen molar-refractivity contribution in [2.75, 3.05) is 31.4 Å². The molecule has 0 aliphatic heterocycles. The fourth-order valence-electron chi connectivity index (χ4n) is 1.59. The van der Waals surface area contributed by atoms with Gasteiger partial charge in [0, 0.05) is 13.2 Å². The summed E-state index contributed by atoms with van der Waals surface area (Å²) in [6.45, 7) is 4.69. The molecule has 0 amide bonds. The summed E-state index contributed by atoms with van der Waals surface area (Å²) in [6, 6.07) is 5.22. The number of anilines is 2. The maximum Gasteiger partial charge on any atom is 0.338 e. The Labute approximate surface area is 107 Å². The molecule has 0 heterocycles. The normalized spacial score (nSPS) is 11.9. The molecule has 0 bridgehead atoms. The zero-order valence-electron chi connectivity index (χ0n) is 11.0. The maximum absolute atomic E-state index is 11.5. The zero-order chi connectivity index (χ0) is 13.5. The topological polar surface area (TPSA) is 73.6 Å². The van der Waals surface area contributed by atoms with Crippen LogP contribution in [0, 0.1) is 0 Å². The number of methoxy groups -OCH3 is 1. The average molecular weight is 252 g/mol. The molecular weight excluding hydrogens is 232 g/mol. The molecule has 18 heavy (non-hydrogen) atoms. The lowest BCUT2D eigenvalue weighted by Crippen LogP contribution is -2.21. The molecule has 0 fully saturated rings. The molecule has 1 aromatic carbocycles. The van der Waals surface area contributed by atoms with Gasteiger partial charge in [-0.25, -0.2) is 4.79 Å². The third kappa shape index (κ3) is 3.92. The van der Waals surface area contributed by atoms with Crippen LogP contribution in [0.2, 0.25) is 0 Å². The van der Waals surface area contributed by atoms with Crippen LogP contribution in [-0.4, -0.2) is 32.3 Å². The fourth-order valence-corrected chi connectivity index (χ4v) is 1.59. The summed E-state index contributed by atoms with van der Waals surface area (Å²) in [5.74, 6) is -0.360. The van der Waals surface area contributed by atoms with Crippen LogP contribution in [0.3, 0.4) is 0 Å². The predicted octanol–water partition coefficient (Wildman–Crippen LogP) is 1.89. The number of hydrogen-bond acceptors (Lipinski definition) is 5. The van der Waals surface area contributed by atoms with Crippen LogP contribution in [0.5, 0.6) is 0 Å². The summed E-state index contributed by atoms with van der Waals surface area (Å²) in [7, 11) is 1.64. The number of nitrogens with one attached hydrogen (secondary N) is 1. The Morgan fingerprint density at radius 1 is 1.50 bits per heavy atom. The first kappa shape index (κ1) is 14.3. The number of carbonyl (C=O) groups is 1. The van der Waals surface area contributed by atoms with Crippen LogP contribution in [0.1, 0.15) is 24.2 Å². The van der Waals surface area contributed by atoms with Gasteiger partial charge >= 0.3 is 5.97 Å². The van der Waals surface area contributed by atoms with E-state index >= 15 is 0 Å². The van der Waals surface area contributed by atoms with Gasteiger partial charge in [0.2, 0.25) is 0 Å². The monoisotopic (exact) mass is 252 g/mol. The molecule has 1 aromatic rings. The summed E-state index contributed by atoms with van der Waals surface area (Å²) in [5.41, 5.74) is 7.65. The lowest BCUT2D eigenvalue weighted by molar-refractivity contribution is 0.0526. The Balaban J connectivity index is 2.76. The van der Waals surface area contributed by atoms with Crippen LogP contribution in [0.25, 0.3) is 0 Å². The van der Waals surface area contributed by atoms with E-state index in [-0.39, 0.29) is 12.0 Å². The highest BCUT2D eigenvalue weighted by Crippen LogP contribution is 2.21. The Hall–Kier alpha value is -1.75. The van der Waals surface area contributed by atoms with Gasteiger partial charge in [-0.05, 0) is 32.0 Å². The SMILES string of the molecule is CCOC(=O)c1ccc(NC(C)COC)c(N)c1. The Morgan fingerprint density at radius 3 is 2.78 bits per heavy atom. The summed E-state index contributed by atoms with van der Waals surface area (Å²) in [4.78, 5) is 11.5. The molecule has 0 aromatic heterocycles. The van der Waals surface area contributed by atoms with E-state index in [0.29, 0.717) is 24.5 Å². The summed E-state index contributed by atoms with van der Waals surface area (Å²) in [5, 5.41) is 3.21. The highest BCUT2D eigenvalue weighted by Gasteiger charge is 2.10. The Morgan fingerprint density at radius 2 is 2.22 bits per heavy atom. The smallest absolute Gasteiger partial charge is 0.338 e. The van der Waals surface area contributed by atoms with Crippen molar-refractivity contribution in [3.05, 3.63) is 23.8 Å². The lowest BCUT2D eigenvalue weighted by Gasteiger charge is -2.16. The first-order valence-electron chi connectivity index (χ1n) is 5.90. The molecule has 1 atom stereocenters. The van der Waals surface area contributed by atoms with E-state index in [1.807, 2.05) is 6.92 Å². The minimum Gasteiger partial charge on any atom is -0.462 e. The van der Waals surface area contributed by atoms with Gasteiger partial charge in [0.05, 0.1) is 30.2 Å². The van der Waals surface area contributed by atoms with Crippen molar-refractivity contribution in [1.82, 2.24) is 0 Å². The van der Waals surface area contributed by atoms with E-state index < -0.39 is 0 Å². The first-order valence-corrected chi connectivity index (χ1v) is 5.90. The molecule has 5 heteroatoms. The van der Waals surface area contributed by atoms with Gasteiger partial charge in [0.25, 0.3) is 0 Å². The van der Waals surface area contributed by atoms with Gasteiger partial charge in [-0.15, -0.1) is 0 Å². The highest BCUT2D eigenvalue weighted by molar-refractivity contribution is 5.91. The summed E-state index contributed by atoms with van der Waals surface area (Å²) in [6.07, 6.45) is 0. The van der Waals surface area contributed by atoms with E-state index in [4.69, 9.17) is 15.2 Å². The number of ether oxygens (including phenoxy) is 2. The Bertz CT molecular complexity index is 407. The molecule has 0 saturated heterocycles. The minimum absolute atomic E-state index is 0.144. The Kier molecular flexibility index (Phi) is 5.45. The van der Waals surface area contributed by atoms with Crippen molar-refractivity contribution in [3.8, 4) is 0 Å². The molecule has 0 aliphatic rings. The fraction of sp³-hybridized carbons (Fsp3) is 0.462. The van der Waals surface area contributed by atoms with Crippen molar-refractivity contribution < 1.29 is 14.3 Å². The summed E-state index contributed by atoms with van der Waals surface area (Å²) < 4.78 is 9.94. The minimum atomic E-state index is -0.360. The second kappa shape index (κ2) is 6.86. The molecule has 0 aliphatic carbocycles. The largest absolute Gasteiger partial charge is 0.462 e. The van der Waals surface area contributed by atoms with Crippen molar-refractivity contribution >= 4 is 17.3 Å². The van der Waals surface area contributed by atoms with Crippen molar-refractivity contribution in [3.63, 3.8) is 0 Å². The van der Waals surface area contributed by atoms with Gasteiger partial charge in [-0.3, -0.25) is 0 Å². The molecule has 1 rings (SSSR count). The molecule has 100 valence electrons. The van der Waals surface area contributed by atoms with Crippen molar-refractivity contribution in [1.29, 1.82) is 0 Å². The number of hydrogen-bond donors (Lipinski definition) is 2. The first-order chi connectivity index (χ1) is 8.58. The third-order valence-electron chi connectivity index (χ3n) is 2.38. The standard InChI is InChI=1S/C13H20N2O3/c1-4-18-13(16)10-5-6-12(11(14)7-10)15-9(2)8-17-3/h5-7,9,15H,4,8,14H2,1-3H3. The van der Waals surface area contributed by atoms with Crippen molar-refractivity contribution in [2.24, 2.45) is 0 Å². The molecular formula is C13H20N2O3. The number of rotatable bonds is 6. The van der Waals surface area contributed by atoms with E-state index in [0.717, 1.165) is 5.69 Å². The van der Waals surface area contributed by atoms with Crippen LogP contribution in [0.15, 0.2) is 18.2 Å². The summed E-state index contributed by atoms with van der Waals surface area (Å²) >= 11 is 0. The molecule has 1 unspecified atom stereocenters. The van der Waals surface area contributed by atoms with Crippen LogP contribution < -0.4 is 11.1 Å². The van der Waals surface area contributed by atoms with E-state index in [9.17, 15) is 4.79 Å². The lowest BCUT2D eigenvalue weighted by atomic mass is 10.1. The average Bonchev–Trinajstić information content (AvgIpc) is 2.32. The van der Waals surface area contributed by atoms with E-state index in [1.165, 1.54) is 0 Å². The number of benzene rings is 1. The van der Waals surface area contributed by atoms with Gasteiger partial charge < -0.3 is 20.5 Å². The van der Waals surface area contributed by atoms with Crippen molar-refractivity contribution in [2.45, 2.75) is 19.9 Å². The van der Waals surface area contributed by atoms with E-state index in [2.05, 4.69) is 5.32 Å². The second-order valence-electron chi connectivity index (χ2n) is 4.02. The van der Waals surface area contributed by atoms with Gasteiger partial charge in [0.1, 0.15) is 0 Å². The van der Waals surface area contributed by atoms with Crippen LogP contribution >= 0.6 is 0 Å². The van der Waals surface area contributed by atoms with E-state index in [1.54, 1.807) is 32.2 Å². The van der Waals surface area contributed by atoms with Gasteiger partial charge in [-0.1, -0.05) is 0 Å². The molecule has 0 saturated carbocycles. The molecule has 0 spiro atoms. The number of nitrogens with two attached hydrogens (primary N) is 1. The van der Waals surface area contributed by atoms with Crippen LogP contribution in [-0.2, 0) is 9.47 Å².